The predicted octanol–water partition coefficient (Wildman–Crippen LogP) is 1.43. The summed E-state index contributed by atoms with van der Waals surface area (Å²) < 4.78 is 25.6. The third kappa shape index (κ3) is 10.3. The average Bonchev–Trinajstić information content (AvgIpc) is 3.24. The largest absolute Gasteiger partial charge is 0.444 e. The Hall–Kier alpha value is -4.41. The predicted molar refractivity (Wildman–Crippen MR) is 158 cm³/mol. The molecule has 1 saturated heterocycles. The topological polar surface area (TPSA) is 224 Å². The molecule has 0 spiro atoms. The molecule has 3 rings (SSSR count). The van der Waals surface area contributed by atoms with Crippen molar-refractivity contribution in [3.05, 3.63) is 52.3 Å². The Morgan fingerprint density at radius 3 is 2.40 bits per heavy atom. The number of amides is 4. The minimum absolute atomic E-state index is 0.226. The first-order valence-corrected chi connectivity index (χ1v) is 14.6. The lowest BCUT2D eigenvalue weighted by Gasteiger charge is -2.18. The number of rotatable bonds is 15. The maximum absolute atomic E-state index is 14.6. The maximum Gasteiger partial charge on any atom is 0.413 e. The van der Waals surface area contributed by atoms with Gasteiger partial charge in [0.25, 0.3) is 0 Å². The highest BCUT2D eigenvalue weighted by molar-refractivity contribution is 5.99. The molecule has 0 aliphatic carbocycles. The van der Waals surface area contributed by atoms with Gasteiger partial charge in [0.15, 0.2) is 17.9 Å². The summed E-state index contributed by atoms with van der Waals surface area (Å²) in [5.41, 5.74) is 5.03. The molecule has 7 N–H and O–H groups in total. The number of unbranched alkanes of at least 4 members (excludes halogenated alkanes) is 4. The molecule has 0 saturated carbocycles. The second kappa shape index (κ2) is 16.6. The van der Waals surface area contributed by atoms with Crippen molar-refractivity contribution in [3.63, 3.8) is 0 Å². The van der Waals surface area contributed by atoms with Crippen LogP contribution in [0.4, 0.5) is 20.7 Å². The zero-order valence-corrected chi connectivity index (χ0v) is 25.0. The molecule has 1 unspecified atom stereocenters. The molecule has 2 aromatic rings. The molecule has 1 aliphatic heterocycles. The van der Waals surface area contributed by atoms with E-state index in [1.807, 2.05) is 5.32 Å². The summed E-state index contributed by atoms with van der Waals surface area (Å²) in [5, 5.41) is 27.1. The molecule has 15 nitrogen and oxygen atoms in total. The lowest BCUT2D eigenvalue weighted by molar-refractivity contribution is -0.128. The molecule has 246 valence electrons. The molecular weight excluding hydrogens is 595 g/mol. The summed E-state index contributed by atoms with van der Waals surface area (Å²) in [7, 11) is 0. The van der Waals surface area contributed by atoms with E-state index in [1.165, 1.54) is 31.2 Å². The smallest absolute Gasteiger partial charge is 0.413 e. The van der Waals surface area contributed by atoms with E-state index in [9.17, 15) is 38.6 Å². The number of nitrogens with zero attached hydrogens (tertiary/aromatic N) is 2. The number of nitrogens with one attached hydrogen (secondary N) is 3. The number of aromatic nitrogens is 2. The molecule has 0 radical (unpaired) electrons. The van der Waals surface area contributed by atoms with Gasteiger partial charge in [-0.15, -0.1) is 0 Å². The Labute approximate surface area is 258 Å². The molecule has 1 aliphatic rings. The Bertz CT molecular complexity index is 1400. The SMILES string of the molecule is CCCCCCCC(=O)N[C@H](CC(N)=O)C(=O)Nc1ccc(COC(=O)Nc2nc(=O)n([C@@H]3O[C@H](C)C(O)[C@@H]3O)cc2F)cc1. The molecule has 2 heterocycles. The number of benzene rings is 1. The molecular formula is C29H39FN6O9. The third-order valence-corrected chi connectivity index (χ3v) is 7.03. The molecule has 16 heteroatoms. The van der Waals surface area contributed by atoms with Crippen molar-refractivity contribution in [2.45, 2.75) is 96.0 Å². The summed E-state index contributed by atoms with van der Waals surface area (Å²) in [6.45, 7) is 3.29. The van der Waals surface area contributed by atoms with Gasteiger partial charge in [0.1, 0.15) is 24.9 Å². The third-order valence-electron chi connectivity index (χ3n) is 7.03. The molecule has 1 aromatic heterocycles. The highest BCUT2D eigenvalue weighted by Crippen LogP contribution is 2.28. The van der Waals surface area contributed by atoms with Crippen LogP contribution in [-0.4, -0.2) is 67.9 Å². The van der Waals surface area contributed by atoms with Gasteiger partial charge in [0, 0.05) is 12.1 Å². The van der Waals surface area contributed by atoms with Crippen LogP contribution in [0, 0.1) is 5.82 Å². The molecule has 4 amide bonds. The number of anilines is 2. The fraction of sp³-hybridized carbons (Fsp3) is 0.517. The van der Waals surface area contributed by atoms with Gasteiger partial charge >= 0.3 is 11.8 Å². The fourth-order valence-electron chi connectivity index (χ4n) is 4.53. The van der Waals surface area contributed by atoms with Crippen molar-refractivity contribution in [2.75, 3.05) is 10.6 Å². The number of aliphatic hydroxyl groups is 2. The Kier molecular flexibility index (Phi) is 12.9. The monoisotopic (exact) mass is 634 g/mol. The standard InChI is InChI=1S/C29H39FN6O9/c1-3-4-5-6-7-8-22(38)33-20(13-21(31)37)26(41)32-18-11-9-17(10-12-18)15-44-29(43)35-25-19(30)14-36(28(42)34-25)27-24(40)23(39)16(2)45-27/h9-12,14,16,20,23-24,27,39-40H,3-8,13,15H2,1-2H3,(H2,31,37)(H,32,41)(H,33,38)(H,34,35,42,43)/t16-,20-,23?,24+,27-/m1/s1. The Morgan fingerprint density at radius 1 is 1.09 bits per heavy atom. The van der Waals surface area contributed by atoms with E-state index >= 15 is 0 Å². The van der Waals surface area contributed by atoms with Crippen molar-refractivity contribution in [1.82, 2.24) is 14.9 Å². The summed E-state index contributed by atoms with van der Waals surface area (Å²) in [5.74, 6) is -3.57. The highest BCUT2D eigenvalue weighted by atomic mass is 19.1. The van der Waals surface area contributed by atoms with E-state index < -0.39 is 65.8 Å². The molecule has 1 aromatic carbocycles. The molecule has 1 fully saturated rings. The van der Waals surface area contributed by atoms with Gasteiger partial charge in [-0.05, 0) is 31.0 Å². The van der Waals surface area contributed by atoms with E-state index in [0.717, 1.165) is 25.7 Å². The zero-order valence-electron chi connectivity index (χ0n) is 25.0. The minimum Gasteiger partial charge on any atom is -0.444 e. The first kappa shape index (κ1) is 35.1. The molecule has 0 bridgehead atoms. The number of nitrogens with two attached hydrogens (primary N) is 1. The first-order chi connectivity index (χ1) is 21.4. The molecule has 45 heavy (non-hydrogen) atoms. The van der Waals surface area contributed by atoms with E-state index in [0.29, 0.717) is 28.4 Å². The summed E-state index contributed by atoms with van der Waals surface area (Å²) in [6, 6.07) is 4.92. The van der Waals surface area contributed by atoms with E-state index in [2.05, 4.69) is 22.5 Å². The van der Waals surface area contributed by atoms with Gasteiger partial charge in [-0.2, -0.15) is 4.98 Å². The van der Waals surface area contributed by atoms with Crippen LogP contribution in [0.3, 0.4) is 0 Å². The van der Waals surface area contributed by atoms with Crippen LogP contribution in [0.2, 0.25) is 0 Å². The number of hydrogen-bond acceptors (Lipinski definition) is 10. The van der Waals surface area contributed by atoms with Gasteiger partial charge in [-0.3, -0.25) is 24.3 Å². The quantitative estimate of drug-likeness (QED) is 0.155. The van der Waals surface area contributed by atoms with Crippen LogP contribution in [0.25, 0.3) is 0 Å². The van der Waals surface area contributed by atoms with Crippen LogP contribution in [0.15, 0.2) is 35.3 Å². The lowest BCUT2D eigenvalue weighted by atomic mass is 10.1. The van der Waals surface area contributed by atoms with Gasteiger partial charge in [-0.25, -0.2) is 14.0 Å². The Morgan fingerprint density at radius 2 is 1.78 bits per heavy atom. The number of hydrogen-bond donors (Lipinski definition) is 6. The average molecular weight is 635 g/mol. The second-order valence-corrected chi connectivity index (χ2v) is 10.7. The lowest BCUT2D eigenvalue weighted by Crippen LogP contribution is -2.46. The van der Waals surface area contributed by atoms with Crippen molar-refractivity contribution in [2.24, 2.45) is 5.73 Å². The van der Waals surface area contributed by atoms with Crippen LogP contribution in [0.5, 0.6) is 0 Å². The van der Waals surface area contributed by atoms with Gasteiger partial charge in [-0.1, -0.05) is 44.7 Å². The van der Waals surface area contributed by atoms with Crippen LogP contribution >= 0.6 is 0 Å². The first-order valence-electron chi connectivity index (χ1n) is 14.6. The number of aliphatic hydroxyl groups excluding tert-OH is 2. The van der Waals surface area contributed by atoms with Crippen LogP contribution in [-0.2, 0) is 30.5 Å². The van der Waals surface area contributed by atoms with Crippen molar-refractivity contribution < 1.29 is 43.3 Å². The summed E-state index contributed by atoms with van der Waals surface area (Å²) in [4.78, 5) is 64.6. The zero-order chi connectivity index (χ0) is 33.1. The normalized spacial score (nSPS) is 19.8. The van der Waals surface area contributed by atoms with Gasteiger partial charge < -0.3 is 36.1 Å². The number of ether oxygens (including phenoxy) is 2. The van der Waals surface area contributed by atoms with Crippen LogP contribution < -0.4 is 27.4 Å². The van der Waals surface area contributed by atoms with E-state index in [4.69, 9.17) is 15.2 Å². The fourth-order valence-corrected chi connectivity index (χ4v) is 4.53. The van der Waals surface area contributed by atoms with Crippen molar-refractivity contribution >= 4 is 35.3 Å². The summed E-state index contributed by atoms with van der Waals surface area (Å²) in [6.07, 6.45) is -0.805. The number of halogens is 1. The number of primary amides is 1. The van der Waals surface area contributed by atoms with Gasteiger partial charge in [0.05, 0.1) is 18.7 Å². The second-order valence-electron chi connectivity index (χ2n) is 10.7. The maximum atomic E-state index is 14.6. The molecule has 5 atom stereocenters. The minimum atomic E-state index is -1.49. The van der Waals surface area contributed by atoms with Gasteiger partial charge in [0.2, 0.25) is 17.7 Å². The summed E-state index contributed by atoms with van der Waals surface area (Å²) >= 11 is 0. The number of carbonyl (C=O) groups excluding carboxylic acids is 4. The van der Waals surface area contributed by atoms with Crippen LogP contribution in [0.1, 0.15) is 70.6 Å². The van der Waals surface area contributed by atoms with Crippen molar-refractivity contribution in [3.8, 4) is 0 Å². The number of carbonyl (C=O) groups is 4. The van der Waals surface area contributed by atoms with Crippen molar-refractivity contribution in [1.29, 1.82) is 0 Å². The Balaban J connectivity index is 1.51. The highest BCUT2D eigenvalue weighted by Gasteiger charge is 2.42. The van der Waals surface area contributed by atoms with E-state index in [1.54, 1.807) is 0 Å². The van der Waals surface area contributed by atoms with E-state index in [-0.39, 0.29) is 25.4 Å².